The maximum Gasteiger partial charge on any atom is 0.333 e. The molecule has 2 nitrogen and oxygen atoms in total. The van der Waals surface area contributed by atoms with Gasteiger partial charge in [-0.25, -0.2) is 0 Å². The first kappa shape index (κ1) is 18.1. The molecule has 3 aliphatic rings. The van der Waals surface area contributed by atoms with E-state index < -0.39 is 0 Å². The summed E-state index contributed by atoms with van der Waals surface area (Å²) in [4.78, 5) is 2.47. The van der Waals surface area contributed by atoms with Crippen LogP contribution in [0.2, 0.25) is 0 Å². The molecule has 5 aromatic rings. The van der Waals surface area contributed by atoms with Crippen molar-refractivity contribution in [2.75, 3.05) is 4.90 Å². The number of rotatable bonds is 1. The normalized spacial score (nSPS) is 15.3. The molecular weight excluding hydrogens is 514 g/mol. The Morgan fingerprint density at radius 2 is 1.48 bits per heavy atom. The van der Waals surface area contributed by atoms with Crippen molar-refractivity contribution in [3.63, 3.8) is 0 Å². The van der Waals surface area contributed by atoms with E-state index >= 15 is 0 Å². The van der Waals surface area contributed by atoms with E-state index in [0.717, 1.165) is 0 Å². The maximum absolute atomic E-state index is 2.60. The van der Waals surface area contributed by atoms with Gasteiger partial charge in [0.05, 0.1) is 0 Å². The Bertz CT molecular complexity index is 1740. The van der Waals surface area contributed by atoms with Crippen LogP contribution in [0.5, 0.6) is 0 Å². The minimum absolute atomic E-state index is 0.0364. The van der Waals surface area contributed by atoms with Gasteiger partial charge in [0, 0.05) is 44.4 Å². The molecule has 0 fully saturated rings. The molecule has 4 heterocycles. The Labute approximate surface area is 202 Å². The highest BCUT2D eigenvalue weighted by atomic mass is 127. The highest BCUT2D eigenvalue weighted by Crippen LogP contribution is 2.43. The smallest absolute Gasteiger partial charge is 0.333 e. The second kappa shape index (κ2) is 6.58. The van der Waals surface area contributed by atoms with E-state index in [4.69, 9.17) is 0 Å². The van der Waals surface area contributed by atoms with Gasteiger partial charge < -0.3 is 9.38 Å². The molecule has 4 aromatic carbocycles. The van der Waals surface area contributed by atoms with E-state index in [0.29, 0.717) is 0 Å². The number of hydrogen-bond donors (Lipinski definition) is 0. The highest BCUT2D eigenvalue weighted by molar-refractivity contribution is 14.2. The van der Waals surface area contributed by atoms with Crippen LogP contribution in [0.4, 0.5) is 11.4 Å². The summed E-state index contributed by atoms with van der Waals surface area (Å²) >= 11 is 0.0364. The van der Waals surface area contributed by atoms with Crippen molar-refractivity contribution in [2.24, 2.45) is 0 Å². The van der Waals surface area contributed by atoms with Crippen LogP contribution in [-0.2, 0) is 0 Å². The van der Waals surface area contributed by atoms with Crippen molar-refractivity contribution in [3.8, 4) is 11.1 Å². The molecule has 0 bridgehead atoms. The van der Waals surface area contributed by atoms with Gasteiger partial charge >= 0.3 is 6.85 Å². The molecule has 3 aliphatic heterocycles. The molecule has 0 radical (unpaired) electrons. The van der Waals surface area contributed by atoms with E-state index in [2.05, 4.69) is 115 Å². The minimum Gasteiger partial charge on any atom is -0.375 e. The number of hydrogen-bond acceptors (Lipinski definition) is 1. The number of benzene rings is 4. The molecule has 0 spiro atoms. The second-order valence-electron chi connectivity index (χ2n) is 8.76. The zero-order valence-corrected chi connectivity index (χ0v) is 19.9. The third kappa shape index (κ3) is 2.27. The summed E-state index contributed by atoms with van der Waals surface area (Å²) in [6.45, 7) is 0.158. The summed E-state index contributed by atoms with van der Waals surface area (Å²) < 4.78 is 7.32. The molecule has 33 heavy (non-hydrogen) atoms. The monoisotopic (exact) mass is 532 g/mol. The lowest BCUT2D eigenvalue weighted by molar-refractivity contribution is 1.20. The Hall–Kier alpha value is -3.38. The van der Waals surface area contributed by atoms with Crippen LogP contribution < -0.4 is 15.8 Å². The van der Waals surface area contributed by atoms with Gasteiger partial charge in [-0.05, 0) is 54.9 Å². The van der Waals surface area contributed by atoms with Gasteiger partial charge in [0.2, 0.25) is 0 Å². The fraction of sp³-hybridized carbons (Fsp3) is 0. The largest absolute Gasteiger partial charge is 0.375 e. The van der Waals surface area contributed by atoms with Crippen LogP contribution >= 0.6 is 20.7 Å². The standard InChI is InChI=1S/C29H18BIN2/c1-3-12-25-20(7-1)22-9-5-10-23-21-8-6-14-27-28(21)30(33(25)29(22)23)24-11-2-4-13-26(24)32(27)19-15-17-31-18-16-19/h1-18H. The molecular formula is C29H18BIN2. The fourth-order valence-electron chi connectivity index (χ4n) is 6.01. The SMILES string of the molecule is C1=CC(N2c3ccccc3B3c4c(cccc42)-c2cccc4c5ccccc5n3c24)=CC=I1. The predicted octanol–water partition coefficient (Wildman–Crippen LogP) is 6.06. The minimum atomic E-state index is 0.0364. The Morgan fingerprint density at radius 1 is 0.697 bits per heavy atom. The number of anilines is 2. The molecule has 1 aromatic heterocycles. The van der Waals surface area contributed by atoms with Crippen molar-refractivity contribution in [1.29, 1.82) is 0 Å². The maximum atomic E-state index is 2.60. The van der Waals surface area contributed by atoms with Crippen LogP contribution in [0.15, 0.2) is 107 Å². The van der Waals surface area contributed by atoms with Crippen LogP contribution in [0.25, 0.3) is 32.9 Å². The summed E-state index contributed by atoms with van der Waals surface area (Å²) in [6, 6.07) is 31.5. The average molecular weight is 532 g/mol. The molecule has 8 rings (SSSR count). The van der Waals surface area contributed by atoms with E-state index in [1.54, 1.807) is 0 Å². The Morgan fingerprint density at radius 3 is 2.42 bits per heavy atom. The summed E-state index contributed by atoms with van der Waals surface area (Å²) in [5, 5.41) is 2.68. The zero-order valence-electron chi connectivity index (χ0n) is 17.7. The summed E-state index contributed by atoms with van der Waals surface area (Å²) in [7, 11) is 0. The zero-order chi connectivity index (χ0) is 21.5. The predicted molar refractivity (Wildman–Crippen MR) is 151 cm³/mol. The van der Waals surface area contributed by atoms with Crippen molar-refractivity contribution in [1.82, 2.24) is 4.48 Å². The van der Waals surface area contributed by atoms with Gasteiger partial charge in [-0.15, -0.1) is 0 Å². The third-order valence-corrected chi connectivity index (χ3v) is 8.77. The number of para-hydroxylation sites is 3. The van der Waals surface area contributed by atoms with E-state index in [1.165, 1.54) is 60.9 Å². The van der Waals surface area contributed by atoms with Crippen molar-refractivity contribution in [2.45, 2.75) is 0 Å². The fourth-order valence-corrected chi connectivity index (χ4v) is 7.40. The molecule has 0 unspecified atom stereocenters. The lowest BCUT2D eigenvalue weighted by atomic mass is 9.45. The van der Waals surface area contributed by atoms with Crippen LogP contribution in [0.1, 0.15) is 0 Å². The van der Waals surface area contributed by atoms with E-state index in [1.807, 2.05) is 0 Å². The van der Waals surface area contributed by atoms with Crippen molar-refractivity contribution < 1.29 is 0 Å². The third-order valence-electron chi connectivity index (χ3n) is 7.22. The average Bonchev–Trinajstić information content (AvgIpc) is 3.22. The van der Waals surface area contributed by atoms with Gasteiger partial charge in [0.25, 0.3) is 0 Å². The number of allylic oxidation sites excluding steroid dienone is 2. The second-order valence-corrected chi connectivity index (χ2v) is 10.9. The number of aromatic nitrogens is 1. The summed E-state index contributed by atoms with van der Waals surface area (Å²) in [5.74, 6) is 0. The Kier molecular flexibility index (Phi) is 3.61. The van der Waals surface area contributed by atoms with Crippen molar-refractivity contribution in [3.05, 3.63) is 107 Å². The molecule has 0 N–H and O–H groups in total. The van der Waals surface area contributed by atoms with Gasteiger partial charge in [0.15, 0.2) is 0 Å². The molecule has 0 saturated carbocycles. The highest BCUT2D eigenvalue weighted by Gasteiger charge is 2.42. The van der Waals surface area contributed by atoms with Gasteiger partial charge in [0.1, 0.15) is 0 Å². The summed E-state index contributed by atoms with van der Waals surface area (Å²) in [6.07, 6.45) is 4.62. The first-order valence-electron chi connectivity index (χ1n) is 11.3. The van der Waals surface area contributed by atoms with Crippen LogP contribution in [0, 0.1) is 0 Å². The molecule has 154 valence electrons. The molecule has 4 heteroatoms. The topological polar surface area (TPSA) is 8.17 Å². The first-order valence-corrected chi connectivity index (χ1v) is 13.8. The lowest BCUT2D eigenvalue weighted by Crippen LogP contribution is -2.57. The van der Waals surface area contributed by atoms with Crippen LogP contribution in [-0.4, -0.2) is 15.3 Å². The van der Waals surface area contributed by atoms with Gasteiger partial charge in [-0.3, -0.25) is 0 Å². The summed E-state index contributed by atoms with van der Waals surface area (Å²) in [5.41, 5.74) is 12.0. The lowest BCUT2D eigenvalue weighted by Gasteiger charge is -2.40. The van der Waals surface area contributed by atoms with Gasteiger partial charge in [-0.1, -0.05) is 87.5 Å². The number of halogens is 1. The molecule has 0 saturated heterocycles. The number of nitrogens with zero attached hydrogens (tertiary/aromatic N) is 2. The van der Waals surface area contributed by atoms with Gasteiger partial charge in [-0.2, -0.15) is 0 Å². The van der Waals surface area contributed by atoms with E-state index in [9.17, 15) is 0 Å². The molecule has 0 amide bonds. The Balaban J connectivity index is 1.57. The molecule has 0 aliphatic carbocycles. The van der Waals surface area contributed by atoms with Crippen molar-refractivity contribution >= 4 is 75.7 Å². The van der Waals surface area contributed by atoms with E-state index in [-0.39, 0.29) is 27.6 Å². The molecule has 0 atom stereocenters. The first-order chi connectivity index (χ1) is 16.4. The number of fused-ring (bicyclic) bond motifs is 7. The van der Waals surface area contributed by atoms with Crippen LogP contribution in [0.3, 0.4) is 0 Å². The quantitative estimate of drug-likeness (QED) is 0.185.